The van der Waals surface area contributed by atoms with Crippen LogP contribution in [0, 0.1) is 5.82 Å². The Balaban J connectivity index is 2.42. The number of carbonyl (C=O) groups is 1. The van der Waals surface area contributed by atoms with Crippen molar-refractivity contribution >= 4 is 28.5 Å². The number of benzene rings is 1. The van der Waals surface area contributed by atoms with Gasteiger partial charge in [-0.2, -0.15) is 0 Å². The number of rotatable bonds is 2. The second kappa shape index (κ2) is 4.47. The molecule has 1 N–H and O–H groups in total. The van der Waals surface area contributed by atoms with Gasteiger partial charge in [-0.3, -0.25) is 14.5 Å². The molecule has 5 nitrogen and oxygen atoms in total. The molecule has 1 saturated heterocycles. The van der Waals surface area contributed by atoms with Crippen LogP contribution in [0.5, 0.6) is 0 Å². The summed E-state index contributed by atoms with van der Waals surface area (Å²) in [5, 5.41) is 11.1. The molecule has 0 radical (unpaired) electrons. The summed E-state index contributed by atoms with van der Waals surface area (Å²) < 4.78 is 15.4. The molecule has 0 aliphatic carbocycles. The average molecular weight is 339 g/mol. The van der Waals surface area contributed by atoms with Gasteiger partial charge in [0.25, 0.3) is 0 Å². The summed E-state index contributed by atoms with van der Waals surface area (Å²) in [4.78, 5) is 23.7. The Kier molecular flexibility index (Phi) is 3.07. The molecule has 0 amide bonds. The van der Waals surface area contributed by atoms with Crippen LogP contribution >= 0.6 is 11.6 Å². The summed E-state index contributed by atoms with van der Waals surface area (Å²) in [6, 6.07) is 2.34. The van der Waals surface area contributed by atoms with Crippen molar-refractivity contribution in [2.75, 3.05) is 5.01 Å². The van der Waals surface area contributed by atoms with Crippen LogP contribution in [-0.2, 0) is 0 Å². The molecular weight excluding hydrogens is 323 g/mol. The summed E-state index contributed by atoms with van der Waals surface area (Å²) in [7, 11) is 0. The molecule has 0 unspecified atom stereocenters. The van der Waals surface area contributed by atoms with E-state index < -0.39 is 22.8 Å². The maximum atomic E-state index is 13.8. The highest BCUT2D eigenvalue weighted by molar-refractivity contribution is 6.31. The van der Waals surface area contributed by atoms with Crippen molar-refractivity contribution in [3.63, 3.8) is 0 Å². The average Bonchev–Trinajstić information content (AvgIpc) is 2.83. The molecule has 1 aliphatic rings. The molecule has 0 spiro atoms. The molecule has 1 fully saturated rings. The lowest BCUT2D eigenvalue weighted by molar-refractivity contribution is 0.0695. The van der Waals surface area contributed by atoms with Crippen LogP contribution < -0.4 is 10.4 Å². The van der Waals surface area contributed by atoms with Crippen LogP contribution in [0.2, 0.25) is 5.02 Å². The minimum atomic E-state index is -1.35. The number of halogens is 2. The van der Waals surface area contributed by atoms with Gasteiger partial charge < -0.3 is 5.11 Å². The molecule has 0 atom stereocenters. The third-order valence-electron chi connectivity index (χ3n) is 4.98. The third-order valence-corrected chi connectivity index (χ3v) is 5.27. The van der Waals surface area contributed by atoms with Gasteiger partial charge in [0.15, 0.2) is 0 Å². The van der Waals surface area contributed by atoms with E-state index in [1.165, 1.54) is 12.3 Å². The summed E-state index contributed by atoms with van der Waals surface area (Å²) >= 11 is 5.86. The van der Waals surface area contributed by atoms with Gasteiger partial charge in [-0.15, -0.1) is 0 Å². The second-order valence-electron chi connectivity index (χ2n) is 6.73. The van der Waals surface area contributed by atoms with Gasteiger partial charge >= 0.3 is 5.97 Å². The first kappa shape index (κ1) is 15.8. The standard InChI is InChI=1S/C16H16ClFN2O3/c1-15(2)16(3,4)20(15)19-7-9(14(22)23)13(21)8-5-11(18)10(17)6-12(8)19/h5-7H,1-4H3,(H,22,23). The molecule has 0 bridgehead atoms. The number of aromatic carboxylic acids is 1. The Morgan fingerprint density at radius 2 is 1.78 bits per heavy atom. The van der Waals surface area contributed by atoms with Crippen LogP contribution in [0.4, 0.5) is 4.39 Å². The predicted molar refractivity (Wildman–Crippen MR) is 86.5 cm³/mol. The molecular formula is C16H16ClFN2O3. The van der Waals surface area contributed by atoms with Crippen molar-refractivity contribution in [1.82, 2.24) is 4.68 Å². The lowest BCUT2D eigenvalue weighted by atomic mass is 10.0. The van der Waals surface area contributed by atoms with Gasteiger partial charge in [-0.05, 0) is 39.8 Å². The highest BCUT2D eigenvalue weighted by Crippen LogP contribution is 2.49. The minimum Gasteiger partial charge on any atom is -0.477 e. The molecule has 3 rings (SSSR count). The fraction of sp³-hybridized carbons (Fsp3) is 0.375. The van der Waals surface area contributed by atoms with E-state index in [1.807, 2.05) is 32.7 Å². The Morgan fingerprint density at radius 1 is 1.22 bits per heavy atom. The van der Waals surface area contributed by atoms with E-state index in [0.29, 0.717) is 5.52 Å². The number of nitrogens with zero attached hydrogens (tertiary/aromatic N) is 2. The van der Waals surface area contributed by atoms with Crippen molar-refractivity contribution in [3.8, 4) is 0 Å². The fourth-order valence-corrected chi connectivity index (χ4v) is 3.21. The van der Waals surface area contributed by atoms with E-state index in [4.69, 9.17) is 11.6 Å². The van der Waals surface area contributed by atoms with Gasteiger partial charge in [-0.1, -0.05) is 11.6 Å². The number of aromatic nitrogens is 1. The first-order valence-corrected chi connectivity index (χ1v) is 7.46. The molecule has 2 heterocycles. The van der Waals surface area contributed by atoms with Crippen molar-refractivity contribution in [1.29, 1.82) is 0 Å². The maximum Gasteiger partial charge on any atom is 0.341 e. The lowest BCUT2D eigenvalue weighted by Gasteiger charge is -2.18. The van der Waals surface area contributed by atoms with Crippen molar-refractivity contribution in [2.45, 2.75) is 38.8 Å². The molecule has 0 saturated carbocycles. The van der Waals surface area contributed by atoms with Crippen molar-refractivity contribution in [2.24, 2.45) is 0 Å². The topological polar surface area (TPSA) is 62.3 Å². The molecule has 2 aromatic rings. The second-order valence-corrected chi connectivity index (χ2v) is 7.14. The maximum absolute atomic E-state index is 13.8. The smallest absolute Gasteiger partial charge is 0.341 e. The van der Waals surface area contributed by atoms with E-state index in [2.05, 4.69) is 0 Å². The van der Waals surface area contributed by atoms with Gasteiger partial charge in [0.2, 0.25) is 5.43 Å². The van der Waals surface area contributed by atoms with Crippen LogP contribution in [0.15, 0.2) is 23.1 Å². The minimum absolute atomic E-state index is 0.00898. The van der Waals surface area contributed by atoms with E-state index in [9.17, 15) is 19.1 Å². The quantitative estimate of drug-likeness (QED) is 0.855. The summed E-state index contributed by atoms with van der Waals surface area (Å²) in [6.07, 6.45) is 1.28. The van der Waals surface area contributed by atoms with Crippen molar-refractivity contribution < 1.29 is 14.3 Å². The van der Waals surface area contributed by atoms with Crippen LogP contribution in [0.3, 0.4) is 0 Å². The number of hydrogen-bond donors (Lipinski definition) is 1. The number of carboxylic acid groups (broad SMARTS) is 1. The zero-order valence-electron chi connectivity index (χ0n) is 13.1. The zero-order chi connectivity index (χ0) is 17.3. The molecule has 7 heteroatoms. The van der Waals surface area contributed by atoms with Gasteiger partial charge in [-0.25, -0.2) is 9.18 Å². The number of carboxylic acids is 1. The number of hydrogen-bond acceptors (Lipinski definition) is 3. The Labute approximate surface area is 136 Å². The summed E-state index contributed by atoms with van der Waals surface area (Å²) in [6.45, 7) is 8.01. The van der Waals surface area contributed by atoms with E-state index in [0.717, 1.165) is 6.07 Å². The summed E-state index contributed by atoms with van der Waals surface area (Å²) in [5.74, 6) is -2.10. The number of pyridine rings is 1. The van der Waals surface area contributed by atoms with Crippen LogP contribution in [0.1, 0.15) is 38.1 Å². The first-order chi connectivity index (χ1) is 10.5. The monoisotopic (exact) mass is 338 g/mol. The van der Waals surface area contributed by atoms with Gasteiger partial charge in [0.1, 0.15) is 11.4 Å². The van der Waals surface area contributed by atoms with E-state index in [-0.39, 0.29) is 21.5 Å². The van der Waals surface area contributed by atoms with Crippen molar-refractivity contribution in [3.05, 3.63) is 45.0 Å². The molecule has 23 heavy (non-hydrogen) atoms. The lowest BCUT2D eigenvalue weighted by Crippen LogP contribution is -2.27. The normalized spacial score (nSPS) is 18.3. The Bertz CT molecular complexity index is 904. The predicted octanol–water partition coefficient (Wildman–Crippen LogP) is 3.00. The highest BCUT2D eigenvalue weighted by atomic mass is 35.5. The molecule has 122 valence electrons. The largest absolute Gasteiger partial charge is 0.477 e. The van der Waals surface area contributed by atoms with E-state index in [1.54, 1.807) is 4.68 Å². The van der Waals surface area contributed by atoms with E-state index >= 15 is 0 Å². The van der Waals surface area contributed by atoms with Gasteiger partial charge in [0.05, 0.1) is 27.0 Å². The Morgan fingerprint density at radius 3 is 2.26 bits per heavy atom. The number of fused-ring (bicyclic) bond motifs is 1. The van der Waals surface area contributed by atoms with Gasteiger partial charge in [0, 0.05) is 6.20 Å². The molecule has 1 aliphatic heterocycles. The van der Waals surface area contributed by atoms with Crippen LogP contribution in [-0.4, -0.2) is 26.8 Å². The SMILES string of the molecule is CC1(C)N(n2cc(C(=O)O)c(=O)c3cc(F)c(Cl)cc32)C1(C)C. The molecule has 1 aromatic carbocycles. The molecule has 1 aromatic heterocycles. The fourth-order valence-electron chi connectivity index (χ4n) is 3.05. The Hall–Kier alpha value is -2.08. The highest BCUT2D eigenvalue weighted by Gasteiger charge is 2.64. The summed E-state index contributed by atoms with van der Waals surface area (Å²) in [5.41, 5.74) is -1.27. The third kappa shape index (κ3) is 1.97. The zero-order valence-corrected chi connectivity index (χ0v) is 13.9. The van der Waals surface area contributed by atoms with Crippen LogP contribution in [0.25, 0.3) is 10.9 Å². The first-order valence-electron chi connectivity index (χ1n) is 7.08.